The van der Waals surface area contributed by atoms with Crippen molar-refractivity contribution < 1.29 is 18.8 Å². The molecule has 3 rings (SSSR count). The van der Waals surface area contributed by atoms with Crippen LogP contribution >= 0.6 is 11.6 Å². The normalized spacial score (nSPS) is 10.4. The van der Waals surface area contributed by atoms with Crippen LogP contribution in [0.2, 0.25) is 5.02 Å². The topological polar surface area (TPSA) is 73.6 Å². The molecule has 2 aromatic carbocycles. The number of aryl methyl sites for hydroxylation is 1. The van der Waals surface area contributed by atoms with Crippen molar-refractivity contribution in [2.45, 2.75) is 13.5 Å². The van der Waals surface area contributed by atoms with E-state index in [2.05, 4.69) is 10.5 Å². The van der Waals surface area contributed by atoms with Crippen LogP contribution in [0.3, 0.4) is 0 Å². The SMILES string of the molecule is COc1ccc(NC(=O)c2noc(C)c2COc2cccc(Cl)c2)cc1. The second kappa shape index (κ2) is 7.93. The van der Waals surface area contributed by atoms with Gasteiger partial charge in [-0.3, -0.25) is 4.79 Å². The number of aromatic nitrogens is 1. The molecule has 1 heterocycles. The molecule has 0 fully saturated rings. The summed E-state index contributed by atoms with van der Waals surface area (Å²) in [5.41, 5.74) is 1.38. The molecule has 1 N–H and O–H groups in total. The van der Waals surface area contributed by atoms with E-state index in [4.69, 9.17) is 25.6 Å². The number of rotatable bonds is 6. The fourth-order valence-corrected chi connectivity index (χ4v) is 2.50. The van der Waals surface area contributed by atoms with Crippen molar-refractivity contribution in [2.24, 2.45) is 0 Å². The lowest BCUT2D eigenvalue weighted by Crippen LogP contribution is -2.15. The summed E-state index contributed by atoms with van der Waals surface area (Å²) >= 11 is 5.95. The van der Waals surface area contributed by atoms with Crippen LogP contribution in [0, 0.1) is 6.92 Å². The first-order chi connectivity index (χ1) is 12.6. The second-order valence-electron chi connectivity index (χ2n) is 5.49. The Morgan fingerprint density at radius 1 is 1.19 bits per heavy atom. The maximum Gasteiger partial charge on any atom is 0.278 e. The Morgan fingerprint density at radius 3 is 2.65 bits per heavy atom. The van der Waals surface area contributed by atoms with Crippen LogP contribution in [0.4, 0.5) is 5.69 Å². The zero-order valence-corrected chi connectivity index (χ0v) is 15.0. The minimum Gasteiger partial charge on any atom is -0.497 e. The van der Waals surface area contributed by atoms with Gasteiger partial charge in [0.15, 0.2) is 5.69 Å². The van der Waals surface area contributed by atoms with Crippen molar-refractivity contribution in [2.75, 3.05) is 12.4 Å². The van der Waals surface area contributed by atoms with Crippen LogP contribution in [-0.4, -0.2) is 18.2 Å². The second-order valence-corrected chi connectivity index (χ2v) is 5.93. The Labute approximate surface area is 155 Å². The molecule has 0 saturated carbocycles. The van der Waals surface area contributed by atoms with Crippen LogP contribution in [-0.2, 0) is 6.61 Å². The lowest BCUT2D eigenvalue weighted by Gasteiger charge is -2.08. The monoisotopic (exact) mass is 372 g/mol. The van der Waals surface area contributed by atoms with Gasteiger partial charge in [-0.25, -0.2) is 0 Å². The van der Waals surface area contributed by atoms with Crippen LogP contribution < -0.4 is 14.8 Å². The van der Waals surface area contributed by atoms with Gasteiger partial charge in [-0.15, -0.1) is 0 Å². The number of nitrogens with one attached hydrogen (secondary N) is 1. The third-order valence-electron chi connectivity index (χ3n) is 3.73. The number of hydrogen-bond donors (Lipinski definition) is 1. The first kappa shape index (κ1) is 17.8. The van der Waals surface area contributed by atoms with Crippen LogP contribution in [0.5, 0.6) is 11.5 Å². The van der Waals surface area contributed by atoms with E-state index >= 15 is 0 Å². The van der Waals surface area contributed by atoms with Gasteiger partial charge >= 0.3 is 0 Å². The summed E-state index contributed by atoms with van der Waals surface area (Å²) in [4.78, 5) is 12.5. The van der Waals surface area contributed by atoms with Crippen LogP contribution in [0.25, 0.3) is 0 Å². The van der Waals surface area contributed by atoms with E-state index in [1.807, 2.05) is 0 Å². The van der Waals surface area contributed by atoms with E-state index < -0.39 is 0 Å². The Hall–Kier alpha value is -2.99. The number of ether oxygens (including phenoxy) is 2. The van der Waals surface area contributed by atoms with Gasteiger partial charge in [0.25, 0.3) is 5.91 Å². The Kier molecular flexibility index (Phi) is 5.43. The minimum absolute atomic E-state index is 0.140. The Bertz CT molecular complexity index is 906. The molecule has 0 unspecified atom stereocenters. The predicted octanol–water partition coefficient (Wildman–Crippen LogP) is 4.48. The molecule has 26 heavy (non-hydrogen) atoms. The number of carbonyl (C=O) groups excluding carboxylic acids is 1. The quantitative estimate of drug-likeness (QED) is 0.690. The van der Waals surface area contributed by atoms with E-state index in [0.717, 1.165) is 0 Å². The first-order valence-electron chi connectivity index (χ1n) is 7.85. The maximum atomic E-state index is 12.5. The number of halogens is 1. The van der Waals surface area contributed by atoms with Gasteiger partial charge in [-0.05, 0) is 49.4 Å². The van der Waals surface area contributed by atoms with Gasteiger partial charge in [0.2, 0.25) is 0 Å². The smallest absolute Gasteiger partial charge is 0.278 e. The number of nitrogens with zero attached hydrogens (tertiary/aromatic N) is 1. The third-order valence-corrected chi connectivity index (χ3v) is 3.96. The highest BCUT2D eigenvalue weighted by Crippen LogP contribution is 2.22. The number of hydrogen-bond acceptors (Lipinski definition) is 5. The molecular formula is C19H17ClN2O4. The summed E-state index contributed by atoms with van der Waals surface area (Å²) in [6.07, 6.45) is 0. The number of amides is 1. The molecule has 0 atom stereocenters. The van der Waals surface area contributed by atoms with Gasteiger partial charge in [-0.1, -0.05) is 22.8 Å². The highest BCUT2D eigenvalue weighted by Gasteiger charge is 2.20. The number of benzene rings is 2. The summed E-state index contributed by atoms with van der Waals surface area (Å²) in [7, 11) is 1.58. The molecule has 0 radical (unpaired) electrons. The van der Waals surface area contributed by atoms with Crippen molar-refractivity contribution in [1.82, 2.24) is 5.16 Å². The molecule has 1 amide bonds. The summed E-state index contributed by atoms with van der Waals surface area (Å²) in [6, 6.07) is 14.0. The van der Waals surface area contributed by atoms with Crippen molar-refractivity contribution >= 4 is 23.2 Å². The zero-order chi connectivity index (χ0) is 18.5. The summed E-state index contributed by atoms with van der Waals surface area (Å²) in [6.45, 7) is 1.87. The molecule has 6 nitrogen and oxygen atoms in total. The molecule has 0 aliphatic carbocycles. The molecule has 0 bridgehead atoms. The lowest BCUT2D eigenvalue weighted by atomic mass is 10.2. The van der Waals surface area contributed by atoms with Gasteiger partial charge in [-0.2, -0.15) is 0 Å². The molecule has 0 spiro atoms. The summed E-state index contributed by atoms with van der Waals surface area (Å²) < 4.78 is 16.0. The largest absolute Gasteiger partial charge is 0.497 e. The highest BCUT2D eigenvalue weighted by molar-refractivity contribution is 6.30. The van der Waals surface area contributed by atoms with Gasteiger partial charge in [0.05, 0.1) is 12.7 Å². The average Bonchev–Trinajstić information content (AvgIpc) is 3.01. The molecular weight excluding hydrogens is 356 g/mol. The molecule has 0 aliphatic rings. The van der Waals surface area contributed by atoms with Gasteiger partial charge in [0, 0.05) is 10.7 Å². The van der Waals surface area contributed by atoms with E-state index in [1.54, 1.807) is 62.6 Å². The molecule has 0 saturated heterocycles. The molecule has 0 aliphatic heterocycles. The van der Waals surface area contributed by atoms with Crippen molar-refractivity contribution in [3.63, 3.8) is 0 Å². The Morgan fingerprint density at radius 2 is 1.96 bits per heavy atom. The average molecular weight is 373 g/mol. The highest BCUT2D eigenvalue weighted by atomic mass is 35.5. The summed E-state index contributed by atoms with van der Waals surface area (Å²) in [5, 5.41) is 7.21. The molecule has 1 aromatic heterocycles. The van der Waals surface area contributed by atoms with E-state index in [1.165, 1.54) is 0 Å². The first-order valence-corrected chi connectivity index (χ1v) is 8.23. The van der Waals surface area contributed by atoms with Gasteiger partial charge in [0.1, 0.15) is 23.9 Å². The standard InChI is InChI=1S/C19H17ClN2O4/c1-12-17(11-25-16-5-3-4-13(20)10-16)18(22-26-12)19(23)21-14-6-8-15(24-2)9-7-14/h3-10H,11H2,1-2H3,(H,21,23). The number of anilines is 1. The van der Waals surface area contributed by atoms with E-state index in [9.17, 15) is 4.79 Å². The van der Waals surface area contributed by atoms with Crippen molar-refractivity contribution in [3.8, 4) is 11.5 Å². The third kappa shape index (κ3) is 4.15. The molecule has 134 valence electrons. The minimum atomic E-state index is -0.378. The van der Waals surface area contributed by atoms with E-state index in [-0.39, 0.29) is 18.2 Å². The van der Waals surface area contributed by atoms with E-state index in [0.29, 0.717) is 33.5 Å². The summed E-state index contributed by atoms with van der Waals surface area (Å²) in [5.74, 6) is 1.44. The zero-order valence-electron chi connectivity index (χ0n) is 14.3. The van der Waals surface area contributed by atoms with Crippen LogP contribution in [0.15, 0.2) is 53.1 Å². The maximum absolute atomic E-state index is 12.5. The lowest BCUT2D eigenvalue weighted by molar-refractivity contribution is 0.101. The Balaban J connectivity index is 1.72. The fourth-order valence-electron chi connectivity index (χ4n) is 2.32. The van der Waals surface area contributed by atoms with Crippen molar-refractivity contribution in [1.29, 1.82) is 0 Å². The van der Waals surface area contributed by atoms with Crippen molar-refractivity contribution in [3.05, 3.63) is 70.6 Å². The molecule has 3 aromatic rings. The molecule has 7 heteroatoms. The van der Waals surface area contributed by atoms with Gasteiger partial charge < -0.3 is 19.3 Å². The predicted molar refractivity (Wildman–Crippen MR) is 98.0 cm³/mol. The number of methoxy groups -OCH3 is 1. The van der Waals surface area contributed by atoms with Crippen LogP contribution in [0.1, 0.15) is 21.8 Å². The fraction of sp³-hybridized carbons (Fsp3) is 0.158. The number of carbonyl (C=O) groups is 1.